The summed E-state index contributed by atoms with van der Waals surface area (Å²) in [4.78, 5) is 24.5. The maximum absolute atomic E-state index is 12.6. The maximum Gasteiger partial charge on any atom is 0.334 e. The van der Waals surface area contributed by atoms with Crippen molar-refractivity contribution >= 4 is 11.9 Å². The molecule has 0 fully saturated rings. The van der Waals surface area contributed by atoms with E-state index in [4.69, 9.17) is 9.47 Å². The van der Waals surface area contributed by atoms with Gasteiger partial charge < -0.3 is 9.47 Å². The summed E-state index contributed by atoms with van der Waals surface area (Å²) < 4.78 is 9.77. The molecule has 0 amide bonds. The number of rotatable bonds is 3. The van der Waals surface area contributed by atoms with E-state index >= 15 is 0 Å². The largest absolute Gasteiger partial charge is 0.466 e. The Labute approximate surface area is 153 Å². The molecule has 0 saturated heterocycles. The van der Waals surface area contributed by atoms with Crippen LogP contribution in [0.2, 0.25) is 0 Å². The maximum atomic E-state index is 12.6. The minimum Gasteiger partial charge on any atom is -0.466 e. The van der Waals surface area contributed by atoms with Crippen LogP contribution in [-0.2, 0) is 25.5 Å². The van der Waals surface area contributed by atoms with E-state index in [0.717, 1.165) is 28.7 Å². The Morgan fingerprint density at radius 1 is 1.00 bits per heavy atom. The summed E-state index contributed by atoms with van der Waals surface area (Å²) in [5, 5.41) is 0. The lowest BCUT2D eigenvalue weighted by Gasteiger charge is -2.32. The van der Waals surface area contributed by atoms with Gasteiger partial charge in [0.1, 0.15) is 0 Å². The lowest BCUT2D eigenvalue weighted by atomic mass is 9.72. The van der Waals surface area contributed by atoms with Crippen molar-refractivity contribution in [3.05, 3.63) is 81.4 Å². The zero-order valence-corrected chi connectivity index (χ0v) is 15.5. The molecule has 0 aliphatic heterocycles. The van der Waals surface area contributed by atoms with Crippen molar-refractivity contribution in [1.29, 1.82) is 0 Å². The zero-order chi connectivity index (χ0) is 18.8. The number of fused-ring (bicyclic) bond motifs is 2. The van der Waals surface area contributed by atoms with E-state index in [0.29, 0.717) is 5.57 Å². The first-order valence-electron chi connectivity index (χ1n) is 8.52. The molecule has 2 aromatic rings. The van der Waals surface area contributed by atoms with Crippen LogP contribution in [0.1, 0.15) is 39.3 Å². The van der Waals surface area contributed by atoms with E-state index in [9.17, 15) is 9.59 Å². The molecule has 0 saturated carbocycles. The van der Waals surface area contributed by atoms with Gasteiger partial charge in [-0.3, -0.25) is 0 Å². The van der Waals surface area contributed by atoms with Crippen molar-refractivity contribution in [3.63, 3.8) is 0 Å². The molecule has 0 heterocycles. The minimum atomic E-state index is -0.569. The van der Waals surface area contributed by atoms with E-state index in [2.05, 4.69) is 25.1 Å². The number of hydrogen-bond acceptors (Lipinski definition) is 4. The monoisotopic (exact) mass is 350 g/mol. The molecular formula is C22H22O4. The Morgan fingerprint density at radius 2 is 1.69 bits per heavy atom. The van der Waals surface area contributed by atoms with Gasteiger partial charge in [-0.25, -0.2) is 9.59 Å². The van der Waals surface area contributed by atoms with Gasteiger partial charge in [-0.05, 0) is 53.6 Å². The standard InChI is InChI=1S/C22H22O4/c1-13-9-10-14(2)20-17(13)11-15-7-5-6-8-16(15)21(20)18(22(24)26-4)12-19(23)25-3/h5-10,12,21H,11H2,1-4H3/b18-12-. The van der Waals surface area contributed by atoms with Gasteiger partial charge in [0.2, 0.25) is 0 Å². The predicted molar refractivity (Wildman–Crippen MR) is 99.1 cm³/mol. The molecule has 0 N–H and O–H groups in total. The second kappa shape index (κ2) is 7.16. The van der Waals surface area contributed by atoms with E-state index < -0.39 is 11.9 Å². The Bertz CT molecular complexity index is 908. The predicted octanol–water partition coefficient (Wildman–Crippen LogP) is 3.61. The molecule has 4 nitrogen and oxygen atoms in total. The van der Waals surface area contributed by atoms with Crippen LogP contribution in [0.15, 0.2) is 48.0 Å². The molecule has 0 radical (unpaired) electrons. The first-order chi connectivity index (χ1) is 12.5. The first kappa shape index (κ1) is 17.9. The summed E-state index contributed by atoms with van der Waals surface area (Å²) in [6.07, 6.45) is 2.06. The lowest BCUT2D eigenvalue weighted by molar-refractivity contribution is -0.138. The number of methoxy groups -OCH3 is 2. The lowest BCUT2D eigenvalue weighted by Crippen LogP contribution is -2.23. The van der Waals surface area contributed by atoms with Crippen LogP contribution in [-0.4, -0.2) is 26.2 Å². The van der Waals surface area contributed by atoms with E-state index in [1.807, 2.05) is 25.1 Å². The molecule has 2 aromatic carbocycles. The number of aryl methyl sites for hydroxylation is 2. The Balaban J connectivity index is 2.32. The smallest absolute Gasteiger partial charge is 0.334 e. The first-order valence-corrected chi connectivity index (χ1v) is 8.52. The number of hydrogen-bond donors (Lipinski definition) is 0. The van der Waals surface area contributed by atoms with Gasteiger partial charge in [0.05, 0.1) is 19.8 Å². The third kappa shape index (κ3) is 3.03. The fourth-order valence-corrected chi connectivity index (χ4v) is 3.74. The summed E-state index contributed by atoms with van der Waals surface area (Å²) in [5.74, 6) is -1.45. The van der Waals surface area contributed by atoms with Crippen LogP contribution in [0.4, 0.5) is 0 Å². The van der Waals surface area contributed by atoms with E-state index in [1.165, 1.54) is 31.4 Å². The third-order valence-corrected chi connectivity index (χ3v) is 5.04. The average molecular weight is 350 g/mol. The number of benzene rings is 2. The summed E-state index contributed by atoms with van der Waals surface area (Å²) >= 11 is 0. The molecule has 4 heteroatoms. The highest BCUT2D eigenvalue weighted by Gasteiger charge is 2.34. The van der Waals surface area contributed by atoms with Crippen LogP contribution in [0, 0.1) is 13.8 Å². The zero-order valence-electron chi connectivity index (χ0n) is 15.5. The molecule has 1 atom stereocenters. The van der Waals surface area contributed by atoms with Crippen molar-refractivity contribution in [1.82, 2.24) is 0 Å². The van der Waals surface area contributed by atoms with E-state index in [1.54, 1.807) is 0 Å². The molecule has 1 aliphatic rings. The van der Waals surface area contributed by atoms with Crippen LogP contribution in [0.5, 0.6) is 0 Å². The van der Waals surface area contributed by atoms with Crippen LogP contribution in [0.25, 0.3) is 0 Å². The van der Waals surface area contributed by atoms with Gasteiger partial charge in [-0.1, -0.05) is 36.4 Å². The van der Waals surface area contributed by atoms with Crippen molar-refractivity contribution in [2.45, 2.75) is 26.2 Å². The summed E-state index contributed by atoms with van der Waals surface area (Å²) in [7, 11) is 2.62. The van der Waals surface area contributed by atoms with Crippen molar-refractivity contribution in [3.8, 4) is 0 Å². The number of carbonyl (C=O) groups excluding carboxylic acids is 2. The SMILES string of the molecule is COC(=O)/C=C(\C(=O)OC)C1c2ccccc2Cc2c(C)ccc(C)c21. The van der Waals surface area contributed by atoms with Crippen molar-refractivity contribution in [2.24, 2.45) is 0 Å². The number of esters is 2. The second-order valence-corrected chi connectivity index (χ2v) is 6.51. The highest BCUT2D eigenvalue weighted by molar-refractivity contribution is 5.98. The Kier molecular flexibility index (Phi) is 4.94. The van der Waals surface area contributed by atoms with Crippen LogP contribution < -0.4 is 0 Å². The molecule has 0 aromatic heterocycles. The molecule has 0 spiro atoms. The van der Waals surface area contributed by atoms with Crippen LogP contribution >= 0.6 is 0 Å². The average Bonchev–Trinajstić information content (AvgIpc) is 2.67. The fraction of sp³-hybridized carbons (Fsp3) is 0.273. The molecule has 0 bridgehead atoms. The third-order valence-electron chi connectivity index (χ3n) is 5.04. The fourth-order valence-electron chi connectivity index (χ4n) is 3.74. The highest BCUT2D eigenvalue weighted by atomic mass is 16.5. The summed E-state index contributed by atoms with van der Waals surface area (Å²) in [6.45, 7) is 4.11. The number of ether oxygens (including phenoxy) is 2. The summed E-state index contributed by atoms with van der Waals surface area (Å²) in [5.41, 5.74) is 7.00. The molecule has 1 unspecified atom stereocenters. The topological polar surface area (TPSA) is 52.6 Å². The van der Waals surface area contributed by atoms with Gasteiger partial charge in [-0.2, -0.15) is 0 Å². The van der Waals surface area contributed by atoms with Gasteiger partial charge in [-0.15, -0.1) is 0 Å². The molecule has 1 aliphatic carbocycles. The van der Waals surface area contributed by atoms with Gasteiger partial charge >= 0.3 is 11.9 Å². The molecular weight excluding hydrogens is 328 g/mol. The van der Waals surface area contributed by atoms with Gasteiger partial charge in [0.15, 0.2) is 0 Å². The number of carbonyl (C=O) groups is 2. The Morgan fingerprint density at radius 3 is 2.38 bits per heavy atom. The molecule has 3 rings (SSSR count). The van der Waals surface area contributed by atoms with Crippen molar-refractivity contribution < 1.29 is 19.1 Å². The molecule has 134 valence electrons. The Hall–Kier alpha value is -2.88. The van der Waals surface area contributed by atoms with Crippen molar-refractivity contribution in [2.75, 3.05) is 14.2 Å². The van der Waals surface area contributed by atoms with E-state index in [-0.39, 0.29) is 5.92 Å². The van der Waals surface area contributed by atoms with Crippen LogP contribution in [0.3, 0.4) is 0 Å². The normalized spacial score (nSPS) is 15.7. The highest BCUT2D eigenvalue weighted by Crippen LogP contribution is 2.43. The second-order valence-electron chi connectivity index (χ2n) is 6.51. The molecule has 26 heavy (non-hydrogen) atoms. The van der Waals surface area contributed by atoms with Gasteiger partial charge in [0, 0.05) is 12.0 Å². The van der Waals surface area contributed by atoms with Gasteiger partial charge in [0.25, 0.3) is 0 Å². The quantitative estimate of drug-likeness (QED) is 0.627. The summed E-state index contributed by atoms with van der Waals surface area (Å²) in [6, 6.07) is 12.2. The minimum absolute atomic E-state index is 0.293.